The Kier molecular flexibility index (Phi) is 6.86. The molecule has 0 radical (unpaired) electrons. The zero-order valence-corrected chi connectivity index (χ0v) is 21.4. The predicted molar refractivity (Wildman–Crippen MR) is 145 cm³/mol. The molecular formula is C29H29FN4O4. The molecule has 1 aromatic heterocycles. The summed E-state index contributed by atoms with van der Waals surface area (Å²) in [7, 11) is 3.80. The van der Waals surface area contributed by atoms with Crippen molar-refractivity contribution in [3.05, 3.63) is 77.4 Å². The second-order valence-corrected chi connectivity index (χ2v) is 9.83. The number of ether oxygens (including phenoxy) is 1. The Hall–Kier alpha value is -4.24. The highest BCUT2D eigenvalue weighted by Crippen LogP contribution is 2.36. The predicted octanol–water partition coefficient (Wildman–Crippen LogP) is 3.65. The van der Waals surface area contributed by atoms with Crippen LogP contribution >= 0.6 is 0 Å². The van der Waals surface area contributed by atoms with E-state index in [2.05, 4.69) is 11.6 Å². The van der Waals surface area contributed by atoms with Crippen LogP contribution < -0.4 is 10.3 Å². The van der Waals surface area contributed by atoms with Crippen LogP contribution in [0.5, 0.6) is 11.6 Å². The van der Waals surface area contributed by atoms with Crippen LogP contribution in [0.1, 0.15) is 0 Å². The first-order valence-corrected chi connectivity index (χ1v) is 12.4. The van der Waals surface area contributed by atoms with Gasteiger partial charge in [-0.2, -0.15) is 0 Å². The fourth-order valence-corrected chi connectivity index (χ4v) is 4.82. The number of carbonyl (C=O) groups is 1. The van der Waals surface area contributed by atoms with E-state index >= 15 is 4.39 Å². The number of likely N-dealkylation sites (tertiary alicyclic amines) is 1. The third-order valence-corrected chi connectivity index (χ3v) is 6.80. The summed E-state index contributed by atoms with van der Waals surface area (Å²) in [6.45, 7) is 5.61. The molecule has 0 spiro atoms. The van der Waals surface area contributed by atoms with Gasteiger partial charge in [0.2, 0.25) is 5.91 Å². The van der Waals surface area contributed by atoms with E-state index in [0.29, 0.717) is 36.2 Å². The first-order valence-electron chi connectivity index (χ1n) is 12.4. The Morgan fingerprint density at radius 3 is 2.71 bits per heavy atom. The van der Waals surface area contributed by atoms with Gasteiger partial charge in [-0.15, -0.1) is 0 Å². The quantitative estimate of drug-likeness (QED) is 0.360. The summed E-state index contributed by atoms with van der Waals surface area (Å²) in [6.07, 6.45) is 1.27. The van der Waals surface area contributed by atoms with Crippen LogP contribution in [0.3, 0.4) is 0 Å². The van der Waals surface area contributed by atoms with Gasteiger partial charge in [0.25, 0.3) is 5.88 Å². The number of amides is 1. The van der Waals surface area contributed by atoms with Gasteiger partial charge >= 0.3 is 5.56 Å². The van der Waals surface area contributed by atoms with Crippen LogP contribution in [0.25, 0.3) is 32.9 Å². The molecule has 0 bridgehead atoms. The van der Waals surface area contributed by atoms with Crippen molar-refractivity contribution in [2.75, 3.05) is 40.3 Å². The molecule has 1 N–H and O–H groups in total. The van der Waals surface area contributed by atoms with Crippen LogP contribution in [0.4, 0.5) is 4.39 Å². The van der Waals surface area contributed by atoms with Gasteiger partial charge < -0.3 is 24.2 Å². The highest BCUT2D eigenvalue weighted by atomic mass is 19.1. The number of aromatic nitrogens is 2. The standard InChI is InChI=1S/C29H29FN4O4/c1-4-27(36)33-15-18(16-33)17-34-26-14-24(30)23(22-12-20(35)11-19-7-5-6-8-21(19)22)13-25(26)31-28(29(34)37)38-10-9-32(2)3/h4-8,11-14,18,35H,1,9-10,15-17H2,2-3H3. The number of rotatable bonds is 8. The maximum atomic E-state index is 15.7. The second-order valence-electron chi connectivity index (χ2n) is 9.83. The van der Waals surface area contributed by atoms with E-state index in [4.69, 9.17) is 4.74 Å². The molecule has 0 aliphatic carbocycles. The minimum Gasteiger partial charge on any atom is -0.508 e. The van der Waals surface area contributed by atoms with Crippen molar-refractivity contribution in [2.45, 2.75) is 6.54 Å². The van der Waals surface area contributed by atoms with Crippen LogP contribution in [-0.2, 0) is 11.3 Å². The van der Waals surface area contributed by atoms with E-state index in [9.17, 15) is 14.7 Å². The monoisotopic (exact) mass is 516 g/mol. The number of fused-ring (bicyclic) bond motifs is 2. The van der Waals surface area contributed by atoms with Crippen LogP contribution in [-0.4, -0.2) is 70.7 Å². The topological polar surface area (TPSA) is 87.9 Å². The molecule has 9 heteroatoms. The maximum absolute atomic E-state index is 15.7. The van der Waals surface area contributed by atoms with E-state index in [1.54, 1.807) is 17.0 Å². The lowest BCUT2D eigenvalue weighted by Crippen LogP contribution is -2.51. The molecule has 0 unspecified atom stereocenters. The molecule has 38 heavy (non-hydrogen) atoms. The summed E-state index contributed by atoms with van der Waals surface area (Å²) < 4.78 is 23.0. The smallest absolute Gasteiger partial charge is 0.313 e. The third-order valence-electron chi connectivity index (χ3n) is 6.80. The average molecular weight is 517 g/mol. The van der Waals surface area contributed by atoms with Crippen molar-refractivity contribution in [3.63, 3.8) is 0 Å². The van der Waals surface area contributed by atoms with Gasteiger partial charge in [-0.05, 0) is 54.7 Å². The van der Waals surface area contributed by atoms with Gasteiger partial charge in [-0.1, -0.05) is 30.8 Å². The van der Waals surface area contributed by atoms with E-state index in [1.165, 1.54) is 22.8 Å². The fraction of sp³-hybridized carbons (Fsp3) is 0.276. The van der Waals surface area contributed by atoms with Crippen molar-refractivity contribution in [2.24, 2.45) is 5.92 Å². The molecule has 1 fully saturated rings. The Morgan fingerprint density at radius 2 is 1.97 bits per heavy atom. The summed E-state index contributed by atoms with van der Waals surface area (Å²) in [6, 6.07) is 13.5. The number of phenolic OH excluding ortho intramolecular Hbond substituents is 1. The molecule has 1 amide bonds. The summed E-state index contributed by atoms with van der Waals surface area (Å²) in [5.41, 5.74) is 1.07. The molecule has 1 saturated heterocycles. The van der Waals surface area contributed by atoms with Gasteiger partial charge in [0.15, 0.2) is 0 Å². The number of benzene rings is 3. The SMILES string of the molecule is C=CC(=O)N1CC(Cn2c(=O)c(OCCN(C)C)nc3cc(-c4cc(O)cc5ccccc45)c(F)cc32)C1. The molecule has 1 aliphatic heterocycles. The number of aromatic hydroxyl groups is 1. The Labute approximate surface area is 219 Å². The molecule has 5 rings (SSSR count). The zero-order chi connectivity index (χ0) is 27.0. The molecule has 0 saturated carbocycles. The van der Waals surface area contributed by atoms with Crippen LogP contribution in [0.2, 0.25) is 0 Å². The number of hydrogen-bond acceptors (Lipinski definition) is 6. The Bertz CT molecular complexity index is 1610. The van der Waals surface area contributed by atoms with E-state index in [-0.39, 0.29) is 42.2 Å². The lowest BCUT2D eigenvalue weighted by Gasteiger charge is -2.39. The van der Waals surface area contributed by atoms with Gasteiger partial charge in [-0.25, -0.2) is 9.37 Å². The van der Waals surface area contributed by atoms with E-state index in [1.807, 2.05) is 43.3 Å². The molecule has 3 aromatic carbocycles. The summed E-state index contributed by atoms with van der Waals surface area (Å²) in [4.78, 5) is 33.3. The first kappa shape index (κ1) is 25.4. The number of nitrogens with zero attached hydrogens (tertiary/aromatic N) is 4. The zero-order valence-electron chi connectivity index (χ0n) is 21.4. The second kappa shape index (κ2) is 10.3. The Morgan fingerprint density at radius 1 is 1.21 bits per heavy atom. The minimum absolute atomic E-state index is 0.0208. The molecule has 4 aromatic rings. The molecule has 0 atom stereocenters. The lowest BCUT2D eigenvalue weighted by molar-refractivity contribution is -0.132. The number of halogens is 1. The summed E-state index contributed by atoms with van der Waals surface area (Å²) in [5, 5.41) is 11.9. The minimum atomic E-state index is -0.540. The fourth-order valence-electron chi connectivity index (χ4n) is 4.82. The molecule has 196 valence electrons. The largest absolute Gasteiger partial charge is 0.508 e. The average Bonchev–Trinajstić information content (AvgIpc) is 2.86. The highest BCUT2D eigenvalue weighted by molar-refractivity contribution is 5.99. The lowest BCUT2D eigenvalue weighted by atomic mass is 9.96. The van der Waals surface area contributed by atoms with Crippen molar-refractivity contribution in [3.8, 4) is 22.8 Å². The van der Waals surface area contributed by atoms with Gasteiger partial charge in [0.1, 0.15) is 18.2 Å². The normalized spacial score (nSPS) is 13.7. The van der Waals surface area contributed by atoms with Crippen molar-refractivity contribution < 1.29 is 19.0 Å². The van der Waals surface area contributed by atoms with E-state index in [0.717, 1.165) is 10.8 Å². The third kappa shape index (κ3) is 4.84. The number of phenols is 1. The molecule has 8 nitrogen and oxygen atoms in total. The van der Waals surface area contributed by atoms with Crippen molar-refractivity contribution >= 4 is 27.7 Å². The van der Waals surface area contributed by atoms with Crippen molar-refractivity contribution in [1.29, 1.82) is 0 Å². The van der Waals surface area contributed by atoms with Crippen LogP contribution in [0, 0.1) is 11.7 Å². The van der Waals surface area contributed by atoms with Crippen molar-refractivity contribution in [1.82, 2.24) is 19.4 Å². The van der Waals surface area contributed by atoms with Gasteiger partial charge in [0.05, 0.1) is 11.0 Å². The number of hydrogen-bond donors (Lipinski definition) is 1. The summed E-state index contributed by atoms with van der Waals surface area (Å²) >= 11 is 0. The first-order chi connectivity index (χ1) is 18.2. The molecular weight excluding hydrogens is 487 g/mol. The van der Waals surface area contributed by atoms with Gasteiger partial charge in [-0.3, -0.25) is 9.59 Å². The highest BCUT2D eigenvalue weighted by Gasteiger charge is 2.30. The number of likely N-dealkylation sites (N-methyl/N-ethyl adjacent to an activating group) is 1. The van der Waals surface area contributed by atoms with Gasteiger partial charge in [0, 0.05) is 43.7 Å². The molecule has 2 heterocycles. The molecule has 1 aliphatic rings. The maximum Gasteiger partial charge on any atom is 0.313 e. The summed E-state index contributed by atoms with van der Waals surface area (Å²) in [5.74, 6) is -0.713. The van der Waals surface area contributed by atoms with Crippen LogP contribution in [0.15, 0.2) is 66.0 Å². The number of carbonyl (C=O) groups excluding carboxylic acids is 1. The Balaban J connectivity index is 1.61. The van der Waals surface area contributed by atoms with E-state index < -0.39 is 11.4 Å².